The van der Waals surface area contributed by atoms with Crippen molar-refractivity contribution in [3.63, 3.8) is 0 Å². The lowest BCUT2D eigenvalue weighted by Crippen LogP contribution is -2.45. The molecular weight excluding hydrogens is 336 g/mol. The van der Waals surface area contributed by atoms with E-state index in [0.717, 1.165) is 30.2 Å². The first-order valence-corrected chi connectivity index (χ1v) is 9.95. The van der Waals surface area contributed by atoms with Gasteiger partial charge in [0.1, 0.15) is 0 Å². The summed E-state index contributed by atoms with van der Waals surface area (Å²) in [6, 6.07) is 9.74. The van der Waals surface area contributed by atoms with E-state index < -0.39 is 5.60 Å². The number of nitrogens with zero attached hydrogens (tertiary/aromatic N) is 2. The number of guanidine groups is 1. The van der Waals surface area contributed by atoms with Crippen LogP contribution >= 0.6 is 11.8 Å². The number of benzene rings is 1. The van der Waals surface area contributed by atoms with E-state index in [1.165, 1.54) is 0 Å². The predicted octanol–water partition coefficient (Wildman–Crippen LogP) is 1.21. The third kappa shape index (κ3) is 4.67. The van der Waals surface area contributed by atoms with Crippen molar-refractivity contribution in [3.8, 4) is 0 Å². The van der Waals surface area contributed by atoms with E-state index in [2.05, 4.69) is 15.6 Å². The summed E-state index contributed by atoms with van der Waals surface area (Å²) in [4.78, 5) is 18.7. The van der Waals surface area contributed by atoms with Gasteiger partial charge < -0.3 is 20.6 Å². The van der Waals surface area contributed by atoms with Crippen LogP contribution in [0.1, 0.15) is 19.8 Å². The van der Waals surface area contributed by atoms with E-state index in [1.54, 1.807) is 11.8 Å². The molecule has 1 aromatic carbocycles. The van der Waals surface area contributed by atoms with Crippen molar-refractivity contribution in [3.05, 3.63) is 30.3 Å². The second-order valence-corrected chi connectivity index (χ2v) is 7.71. The van der Waals surface area contributed by atoms with Crippen molar-refractivity contribution < 1.29 is 9.90 Å². The lowest BCUT2D eigenvalue weighted by molar-refractivity contribution is -0.117. The van der Waals surface area contributed by atoms with E-state index in [-0.39, 0.29) is 11.9 Å². The normalized spacial score (nSPS) is 27.0. The number of hydrogen-bond acceptors (Lipinski definition) is 4. The van der Waals surface area contributed by atoms with E-state index in [4.69, 9.17) is 0 Å². The fourth-order valence-corrected chi connectivity index (χ4v) is 4.41. The van der Waals surface area contributed by atoms with Crippen LogP contribution in [0.2, 0.25) is 0 Å². The van der Waals surface area contributed by atoms with Gasteiger partial charge in [0.25, 0.3) is 0 Å². The number of thioether (sulfide) groups is 1. The summed E-state index contributed by atoms with van der Waals surface area (Å²) in [6.07, 6.45) is 1.23. The van der Waals surface area contributed by atoms with Gasteiger partial charge in [0, 0.05) is 31.0 Å². The van der Waals surface area contributed by atoms with Gasteiger partial charge in [0.15, 0.2) is 5.96 Å². The summed E-state index contributed by atoms with van der Waals surface area (Å²) in [6.45, 7) is 3.75. The molecule has 2 atom stereocenters. The molecule has 25 heavy (non-hydrogen) atoms. The van der Waals surface area contributed by atoms with E-state index in [9.17, 15) is 9.90 Å². The zero-order valence-corrected chi connectivity index (χ0v) is 15.4. The molecule has 2 fully saturated rings. The number of anilines is 1. The maximum atomic E-state index is 12.3. The van der Waals surface area contributed by atoms with Crippen molar-refractivity contribution in [1.29, 1.82) is 0 Å². The van der Waals surface area contributed by atoms with Crippen molar-refractivity contribution >= 4 is 29.3 Å². The molecule has 0 aliphatic carbocycles. The highest BCUT2D eigenvalue weighted by Gasteiger charge is 2.33. The Hall–Kier alpha value is -1.73. The molecule has 0 radical (unpaired) electrons. The summed E-state index contributed by atoms with van der Waals surface area (Å²) in [7, 11) is 0. The minimum Gasteiger partial charge on any atom is -0.387 e. The minimum atomic E-state index is -0.700. The minimum absolute atomic E-state index is 0.0121. The Morgan fingerprint density at radius 3 is 2.92 bits per heavy atom. The van der Waals surface area contributed by atoms with Crippen LogP contribution in [0, 0.1) is 0 Å². The van der Waals surface area contributed by atoms with Crippen LogP contribution in [-0.2, 0) is 4.79 Å². The molecule has 0 bridgehead atoms. The lowest BCUT2D eigenvalue weighted by atomic mass is 10.1. The third-order valence-electron chi connectivity index (χ3n) is 4.49. The summed E-state index contributed by atoms with van der Waals surface area (Å²) < 4.78 is 0. The first-order chi connectivity index (χ1) is 12.1. The van der Waals surface area contributed by atoms with Crippen LogP contribution in [0.5, 0.6) is 0 Å². The number of aliphatic hydroxyl groups is 1. The van der Waals surface area contributed by atoms with E-state index in [0.29, 0.717) is 25.5 Å². The van der Waals surface area contributed by atoms with Gasteiger partial charge in [-0.05, 0) is 31.2 Å². The molecule has 1 amide bonds. The maximum Gasteiger partial charge on any atom is 0.229 e. The van der Waals surface area contributed by atoms with Crippen molar-refractivity contribution in [2.45, 2.75) is 31.4 Å². The molecule has 136 valence electrons. The van der Waals surface area contributed by atoms with Gasteiger partial charge in [-0.3, -0.25) is 9.79 Å². The predicted molar refractivity (Wildman–Crippen MR) is 103 cm³/mol. The van der Waals surface area contributed by atoms with Crippen LogP contribution in [0.3, 0.4) is 0 Å². The molecule has 6 nitrogen and oxygen atoms in total. The molecular formula is C18H26N4O2S. The van der Waals surface area contributed by atoms with Crippen LogP contribution in [0.25, 0.3) is 0 Å². The topological polar surface area (TPSA) is 77.0 Å². The van der Waals surface area contributed by atoms with Gasteiger partial charge in [-0.25, -0.2) is 0 Å². The molecule has 0 aromatic heterocycles. The third-order valence-corrected chi connectivity index (χ3v) is 5.73. The molecule has 2 saturated heterocycles. The standard InChI is InChI=1S/C18H26N4O2S/c1-2-19-17(20-12-18(24)8-9-25-13-18)21-14-10-16(23)22(11-14)15-6-4-3-5-7-15/h3-7,14,24H,2,8-13H2,1H3,(H2,19,20,21). The van der Waals surface area contributed by atoms with Crippen molar-refractivity contribution in [1.82, 2.24) is 10.6 Å². The fraction of sp³-hybridized carbons (Fsp3) is 0.556. The average Bonchev–Trinajstić information content (AvgIpc) is 3.20. The average molecular weight is 362 g/mol. The van der Waals surface area contributed by atoms with Crippen molar-refractivity contribution in [2.75, 3.05) is 36.0 Å². The van der Waals surface area contributed by atoms with Gasteiger partial charge in [-0.1, -0.05) is 18.2 Å². The molecule has 2 heterocycles. The molecule has 2 aliphatic heterocycles. The van der Waals surface area contributed by atoms with E-state index in [1.807, 2.05) is 42.2 Å². The largest absolute Gasteiger partial charge is 0.387 e. The van der Waals surface area contributed by atoms with Gasteiger partial charge in [0.2, 0.25) is 5.91 Å². The summed E-state index contributed by atoms with van der Waals surface area (Å²) in [5, 5.41) is 17.0. The number of hydrogen-bond donors (Lipinski definition) is 3. The Bertz CT molecular complexity index is 617. The molecule has 2 unspecified atom stereocenters. The smallest absolute Gasteiger partial charge is 0.229 e. The van der Waals surface area contributed by atoms with Gasteiger partial charge >= 0.3 is 0 Å². The second-order valence-electron chi connectivity index (χ2n) is 6.61. The van der Waals surface area contributed by atoms with Crippen molar-refractivity contribution in [2.24, 2.45) is 4.99 Å². The Kier molecular flexibility index (Phi) is 5.86. The zero-order chi connectivity index (χ0) is 17.7. The molecule has 3 N–H and O–H groups in total. The monoisotopic (exact) mass is 362 g/mol. The van der Waals surface area contributed by atoms with Crippen LogP contribution < -0.4 is 15.5 Å². The number of para-hydroxylation sites is 1. The zero-order valence-electron chi connectivity index (χ0n) is 14.6. The highest BCUT2D eigenvalue weighted by atomic mass is 32.2. The molecule has 1 aromatic rings. The molecule has 0 spiro atoms. The molecule has 0 saturated carbocycles. The summed E-state index contributed by atoms with van der Waals surface area (Å²) in [5.41, 5.74) is 0.227. The second kappa shape index (κ2) is 8.10. The quantitative estimate of drug-likeness (QED) is 0.542. The first kappa shape index (κ1) is 18.1. The number of rotatable bonds is 5. The number of nitrogens with one attached hydrogen (secondary N) is 2. The highest BCUT2D eigenvalue weighted by Crippen LogP contribution is 2.28. The molecule has 3 rings (SSSR count). The maximum absolute atomic E-state index is 12.3. The number of amides is 1. The molecule has 2 aliphatic rings. The Labute approximate surface area is 153 Å². The summed E-state index contributed by atoms with van der Waals surface area (Å²) in [5.74, 6) is 2.50. The van der Waals surface area contributed by atoms with Gasteiger partial charge in [-0.2, -0.15) is 11.8 Å². The Morgan fingerprint density at radius 1 is 1.44 bits per heavy atom. The van der Waals surface area contributed by atoms with Crippen LogP contribution in [0.4, 0.5) is 5.69 Å². The molecule has 7 heteroatoms. The number of carbonyl (C=O) groups is 1. The fourth-order valence-electron chi connectivity index (χ4n) is 3.12. The summed E-state index contributed by atoms with van der Waals surface area (Å²) >= 11 is 1.77. The Balaban J connectivity index is 1.61. The number of carbonyl (C=O) groups excluding carboxylic acids is 1. The van der Waals surface area contributed by atoms with E-state index >= 15 is 0 Å². The lowest BCUT2D eigenvalue weighted by Gasteiger charge is -2.21. The Morgan fingerprint density at radius 2 is 2.24 bits per heavy atom. The van der Waals surface area contributed by atoms with Gasteiger partial charge in [-0.15, -0.1) is 0 Å². The van der Waals surface area contributed by atoms with Crippen LogP contribution in [0.15, 0.2) is 35.3 Å². The highest BCUT2D eigenvalue weighted by molar-refractivity contribution is 7.99. The van der Waals surface area contributed by atoms with Gasteiger partial charge in [0.05, 0.1) is 18.2 Å². The van der Waals surface area contributed by atoms with Crippen LogP contribution in [-0.4, -0.2) is 59.8 Å². The SMILES string of the molecule is CCNC(=NCC1(O)CCSC1)NC1CC(=O)N(c2ccccc2)C1. The number of aliphatic imine (C=N–C) groups is 1. The first-order valence-electron chi connectivity index (χ1n) is 8.80.